The maximum atomic E-state index is 10.9. The van der Waals surface area contributed by atoms with Crippen LogP contribution in [0.5, 0.6) is 0 Å². The monoisotopic (exact) mass is 156 g/mol. The molecule has 4 N–H and O–H groups in total. The standard InChI is InChI=1S/C8H16N2O/c9-5-6-3-1-2-4-7(6)8(10)11/h6-7H,1-5,9H2,(H2,10,11). The number of hydrogen-bond donors (Lipinski definition) is 2. The summed E-state index contributed by atoms with van der Waals surface area (Å²) in [5.74, 6) is 0.232. The Bertz CT molecular complexity index is 147. The first kappa shape index (κ1) is 8.53. The van der Waals surface area contributed by atoms with Crippen molar-refractivity contribution in [2.75, 3.05) is 6.54 Å². The lowest BCUT2D eigenvalue weighted by Gasteiger charge is -2.27. The van der Waals surface area contributed by atoms with E-state index in [0.717, 1.165) is 19.3 Å². The van der Waals surface area contributed by atoms with Crippen molar-refractivity contribution in [2.45, 2.75) is 25.7 Å². The summed E-state index contributed by atoms with van der Waals surface area (Å²) in [4.78, 5) is 10.9. The maximum Gasteiger partial charge on any atom is 0.220 e. The Morgan fingerprint density at radius 1 is 1.36 bits per heavy atom. The van der Waals surface area contributed by atoms with Gasteiger partial charge in [-0.2, -0.15) is 0 Å². The van der Waals surface area contributed by atoms with Crippen molar-refractivity contribution in [3.63, 3.8) is 0 Å². The highest BCUT2D eigenvalue weighted by Crippen LogP contribution is 2.28. The summed E-state index contributed by atoms with van der Waals surface area (Å²) in [6, 6.07) is 0. The molecule has 0 aromatic rings. The summed E-state index contributed by atoms with van der Waals surface area (Å²) in [5, 5.41) is 0. The van der Waals surface area contributed by atoms with E-state index in [4.69, 9.17) is 11.5 Å². The number of amides is 1. The molecule has 1 aliphatic carbocycles. The van der Waals surface area contributed by atoms with Gasteiger partial charge in [0, 0.05) is 5.92 Å². The van der Waals surface area contributed by atoms with Crippen LogP contribution in [0.2, 0.25) is 0 Å². The molecular weight excluding hydrogens is 140 g/mol. The molecule has 0 bridgehead atoms. The van der Waals surface area contributed by atoms with Gasteiger partial charge in [0.2, 0.25) is 5.91 Å². The van der Waals surface area contributed by atoms with Crippen molar-refractivity contribution in [2.24, 2.45) is 23.3 Å². The van der Waals surface area contributed by atoms with Crippen molar-refractivity contribution in [3.05, 3.63) is 0 Å². The third-order valence-corrected chi connectivity index (χ3v) is 2.58. The van der Waals surface area contributed by atoms with Gasteiger partial charge in [0.05, 0.1) is 0 Å². The van der Waals surface area contributed by atoms with Crippen LogP contribution in [0.1, 0.15) is 25.7 Å². The van der Waals surface area contributed by atoms with Crippen LogP contribution < -0.4 is 11.5 Å². The molecule has 3 heteroatoms. The van der Waals surface area contributed by atoms with Crippen LogP contribution in [-0.2, 0) is 4.79 Å². The molecule has 0 heterocycles. The maximum absolute atomic E-state index is 10.9. The Kier molecular flexibility index (Phi) is 2.88. The highest BCUT2D eigenvalue weighted by molar-refractivity contribution is 5.77. The smallest absolute Gasteiger partial charge is 0.220 e. The number of carbonyl (C=O) groups excluding carboxylic acids is 1. The molecule has 0 radical (unpaired) electrons. The van der Waals surface area contributed by atoms with Gasteiger partial charge in [-0.25, -0.2) is 0 Å². The Morgan fingerprint density at radius 3 is 2.45 bits per heavy atom. The van der Waals surface area contributed by atoms with Gasteiger partial charge in [-0.15, -0.1) is 0 Å². The van der Waals surface area contributed by atoms with Gasteiger partial charge >= 0.3 is 0 Å². The van der Waals surface area contributed by atoms with Crippen molar-refractivity contribution in [1.82, 2.24) is 0 Å². The number of carbonyl (C=O) groups is 1. The van der Waals surface area contributed by atoms with Gasteiger partial charge in [0.1, 0.15) is 0 Å². The third kappa shape index (κ3) is 1.93. The van der Waals surface area contributed by atoms with Crippen molar-refractivity contribution >= 4 is 5.91 Å². The van der Waals surface area contributed by atoms with E-state index >= 15 is 0 Å². The second kappa shape index (κ2) is 3.72. The van der Waals surface area contributed by atoms with Crippen molar-refractivity contribution < 1.29 is 4.79 Å². The lowest BCUT2D eigenvalue weighted by molar-refractivity contribution is -0.124. The van der Waals surface area contributed by atoms with E-state index in [-0.39, 0.29) is 11.8 Å². The molecule has 0 aliphatic heterocycles. The molecule has 1 aliphatic rings. The molecular formula is C8H16N2O. The van der Waals surface area contributed by atoms with E-state index in [9.17, 15) is 4.79 Å². The number of nitrogens with two attached hydrogens (primary N) is 2. The van der Waals surface area contributed by atoms with E-state index in [1.54, 1.807) is 0 Å². The average Bonchev–Trinajstić information content (AvgIpc) is 2.04. The van der Waals surface area contributed by atoms with E-state index < -0.39 is 0 Å². The molecule has 1 saturated carbocycles. The highest BCUT2D eigenvalue weighted by atomic mass is 16.1. The first-order valence-corrected chi connectivity index (χ1v) is 4.25. The molecule has 64 valence electrons. The molecule has 3 nitrogen and oxygen atoms in total. The lowest BCUT2D eigenvalue weighted by atomic mass is 9.79. The minimum Gasteiger partial charge on any atom is -0.369 e. The molecule has 0 aromatic carbocycles. The Labute approximate surface area is 67.1 Å². The molecule has 0 spiro atoms. The topological polar surface area (TPSA) is 69.1 Å². The average molecular weight is 156 g/mol. The normalized spacial score (nSPS) is 31.7. The predicted octanol–water partition coefficient (Wildman–Crippen LogP) is 0.237. The molecule has 1 rings (SSSR count). The number of primary amides is 1. The van der Waals surface area contributed by atoms with Gasteiger partial charge in [0.15, 0.2) is 0 Å². The largest absolute Gasteiger partial charge is 0.369 e. The number of rotatable bonds is 2. The molecule has 11 heavy (non-hydrogen) atoms. The van der Waals surface area contributed by atoms with E-state index in [0.29, 0.717) is 12.5 Å². The van der Waals surface area contributed by atoms with Crippen LogP contribution in [0.25, 0.3) is 0 Å². The second-order valence-corrected chi connectivity index (χ2v) is 3.29. The van der Waals surface area contributed by atoms with E-state index in [2.05, 4.69) is 0 Å². The molecule has 1 amide bonds. The zero-order valence-electron chi connectivity index (χ0n) is 6.75. The Hall–Kier alpha value is -0.570. The van der Waals surface area contributed by atoms with Crippen LogP contribution in [0, 0.1) is 11.8 Å². The molecule has 2 atom stereocenters. The Morgan fingerprint density at radius 2 is 2.00 bits per heavy atom. The van der Waals surface area contributed by atoms with Crippen LogP contribution >= 0.6 is 0 Å². The zero-order chi connectivity index (χ0) is 8.27. The quantitative estimate of drug-likeness (QED) is 0.601. The van der Waals surface area contributed by atoms with Gasteiger partial charge in [-0.3, -0.25) is 4.79 Å². The highest BCUT2D eigenvalue weighted by Gasteiger charge is 2.27. The summed E-state index contributed by atoms with van der Waals surface area (Å²) in [6.45, 7) is 0.605. The van der Waals surface area contributed by atoms with E-state index in [1.165, 1.54) is 6.42 Å². The van der Waals surface area contributed by atoms with Crippen molar-refractivity contribution in [1.29, 1.82) is 0 Å². The van der Waals surface area contributed by atoms with Crippen LogP contribution in [0.3, 0.4) is 0 Å². The number of hydrogen-bond acceptors (Lipinski definition) is 2. The fourth-order valence-corrected chi connectivity index (χ4v) is 1.86. The minimum absolute atomic E-state index is 0.0498. The third-order valence-electron chi connectivity index (χ3n) is 2.58. The Balaban J connectivity index is 2.51. The summed E-state index contributed by atoms with van der Waals surface area (Å²) < 4.78 is 0. The van der Waals surface area contributed by atoms with Crippen LogP contribution in [0.15, 0.2) is 0 Å². The first-order chi connectivity index (χ1) is 5.25. The SMILES string of the molecule is NCC1CCCCC1C(N)=O. The van der Waals surface area contributed by atoms with Gasteiger partial charge in [-0.1, -0.05) is 12.8 Å². The lowest BCUT2D eigenvalue weighted by Crippen LogP contribution is -2.36. The summed E-state index contributed by atoms with van der Waals surface area (Å²) in [5.41, 5.74) is 10.8. The molecule has 0 aromatic heterocycles. The second-order valence-electron chi connectivity index (χ2n) is 3.29. The molecule has 1 fully saturated rings. The van der Waals surface area contributed by atoms with Crippen molar-refractivity contribution in [3.8, 4) is 0 Å². The van der Waals surface area contributed by atoms with Gasteiger partial charge in [-0.05, 0) is 25.3 Å². The van der Waals surface area contributed by atoms with Gasteiger partial charge < -0.3 is 11.5 Å². The summed E-state index contributed by atoms with van der Waals surface area (Å²) in [6.07, 6.45) is 4.34. The first-order valence-electron chi connectivity index (χ1n) is 4.25. The molecule has 0 saturated heterocycles. The van der Waals surface area contributed by atoms with E-state index in [1.807, 2.05) is 0 Å². The van der Waals surface area contributed by atoms with Crippen LogP contribution in [-0.4, -0.2) is 12.5 Å². The predicted molar refractivity (Wildman–Crippen MR) is 43.7 cm³/mol. The summed E-state index contributed by atoms with van der Waals surface area (Å²) in [7, 11) is 0. The summed E-state index contributed by atoms with van der Waals surface area (Å²) >= 11 is 0. The van der Waals surface area contributed by atoms with Crippen LogP contribution in [0.4, 0.5) is 0 Å². The minimum atomic E-state index is -0.167. The fraction of sp³-hybridized carbons (Fsp3) is 0.875. The molecule has 2 unspecified atom stereocenters. The zero-order valence-corrected chi connectivity index (χ0v) is 6.75. The fourth-order valence-electron chi connectivity index (χ4n) is 1.86. The van der Waals surface area contributed by atoms with Gasteiger partial charge in [0.25, 0.3) is 0 Å².